The van der Waals surface area contributed by atoms with Gasteiger partial charge in [-0.3, -0.25) is 23.4 Å². The zero-order chi connectivity index (χ0) is 28.8. The van der Waals surface area contributed by atoms with Crippen LogP contribution >= 0.6 is 23.2 Å². The van der Waals surface area contributed by atoms with E-state index in [1.807, 2.05) is 0 Å². The van der Waals surface area contributed by atoms with Crippen molar-refractivity contribution in [1.29, 1.82) is 0 Å². The second-order valence-electron chi connectivity index (χ2n) is 8.86. The van der Waals surface area contributed by atoms with E-state index < -0.39 is 34.1 Å². The Balaban J connectivity index is 1.64. The van der Waals surface area contributed by atoms with Gasteiger partial charge in [-0.1, -0.05) is 42.3 Å². The Hall–Kier alpha value is -3.93. The fraction of sp³-hybridized carbons (Fsp3) is 0.185. The Morgan fingerprint density at radius 1 is 1.00 bits per heavy atom. The first kappa shape index (κ1) is 29.1. The Kier molecular flexibility index (Phi) is 9.41. The van der Waals surface area contributed by atoms with Crippen LogP contribution in [0.15, 0.2) is 82.5 Å². The molecule has 0 spiro atoms. The molecule has 2 N–H and O–H groups in total. The first-order valence-electron chi connectivity index (χ1n) is 12.0. The summed E-state index contributed by atoms with van der Waals surface area (Å²) in [5.41, 5.74) is 0.162. The van der Waals surface area contributed by atoms with Crippen LogP contribution in [-0.2, 0) is 28.9 Å². The smallest absolute Gasteiger partial charge is 0.332 e. The molecule has 40 heavy (non-hydrogen) atoms. The van der Waals surface area contributed by atoms with Gasteiger partial charge < -0.3 is 10.1 Å². The molecule has 0 saturated heterocycles. The van der Waals surface area contributed by atoms with Crippen LogP contribution in [0, 0.1) is 5.92 Å². The molecular formula is C27H25Cl2N5O5S. The number of anilines is 2. The van der Waals surface area contributed by atoms with E-state index in [0.717, 1.165) is 10.1 Å². The Bertz CT molecular complexity index is 1660. The highest BCUT2D eigenvalue weighted by molar-refractivity contribution is 7.82. The van der Waals surface area contributed by atoms with Crippen LogP contribution in [0.2, 0.25) is 10.2 Å². The van der Waals surface area contributed by atoms with Crippen molar-refractivity contribution >= 4 is 51.6 Å². The number of benzene rings is 2. The molecule has 10 nitrogen and oxygen atoms in total. The fourth-order valence-electron chi connectivity index (χ4n) is 3.75. The van der Waals surface area contributed by atoms with E-state index in [-0.39, 0.29) is 18.9 Å². The van der Waals surface area contributed by atoms with Crippen LogP contribution in [0.4, 0.5) is 11.5 Å². The standard InChI is InChI=1S/C27H25Cl2N5O5S/c1-17(26(36)32-40(2)38)15-34-25(35)14-24(33(27(34)37)16-18-3-5-19(28)6-4-18)31-20-7-9-21(10-8-20)39-22-11-12-30-23(29)13-22/h3-14,17,31H,15-16H2,1-2H3,(H,32,36)/t17-,40?/m0/s1. The number of amides is 1. The molecule has 13 heteroatoms. The van der Waals surface area contributed by atoms with Gasteiger partial charge in [0, 0.05) is 41.8 Å². The first-order valence-corrected chi connectivity index (χ1v) is 14.3. The van der Waals surface area contributed by atoms with E-state index in [1.165, 1.54) is 23.1 Å². The van der Waals surface area contributed by atoms with Gasteiger partial charge in [-0.15, -0.1) is 0 Å². The van der Waals surface area contributed by atoms with Crippen molar-refractivity contribution in [3.8, 4) is 11.5 Å². The van der Waals surface area contributed by atoms with Crippen molar-refractivity contribution in [2.75, 3.05) is 11.6 Å². The molecule has 0 fully saturated rings. The van der Waals surface area contributed by atoms with E-state index in [2.05, 4.69) is 15.0 Å². The maximum Gasteiger partial charge on any atom is 0.332 e. The number of hydrogen-bond acceptors (Lipinski definition) is 7. The predicted molar refractivity (Wildman–Crippen MR) is 156 cm³/mol. The minimum atomic E-state index is -1.57. The highest BCUT2D eigenvalue weighted by atomic mass is 35.5. The maximum absolute atomic E-state index is 13.6. The number of hydrogen-bond donors (Lipinski definition) is 2. The molecule has 4 rings (SSSR count). The van der Waals surface area contributed by atoms with Gasteiger partial charge in [-0.25, -0.2) is 14.0 Å². The summed E-state index contributed by atoms with van der Waals surface area (Å²) in [5, 5.41) is 3.98. The topological polar surface area (TPSA) is 124 Å². The van der Waals surface area contributed by atoms with E-state index in [9.17, 15) is 18.6 Å². The number of nitrogens with zero attached hydrogens (tertiary/aromatic N) is 3. The molecule has 1 amide bonds. The fourth-order valence-corrected chi connectivity index (χ4v) is 4.52. The van der Waals surface area contributed by atoms with Gasteiger partial charge in [0.25, 0.3) is 5.56 Å². The zero-order valence-electron chi connectivity index (χ0n) is 21.5. The van der Waals surface area contributed by atoms with Crippen molar-refractivity contribution < 1.29 is 13.7 Å². The molecule has 208 valence electrons. The molecular weight excluding hydrogens is 577 g/mol. The maximum atomic E-state index is 13.6. The van der Waals surface area contributed by atoms with Crippen molar-refractivity contribution in [3.05, 3.63) is 110 Å². The van der Waals surface area contributed by atoms with Crippen LogP contribution in [0.1, 0.15) is 12.5 Å². The third kappa shape index (κ3) is 7.59. The molecule has 2 aromatic carbocycles. The van der Waals surface area contributed by atoms with Gasteiger partial charge in [0.2, 0.25) is 5.91 Å². The number of nitrogens with one attached hydrogen (secondary N) is 2. The predicted octanol–water partition coefficient (Wildman–Crippen LogP) is 4.34. The van der Waals surface area contributed by atoms with Crippen molar-refractivity contribution in [2.45, 2.75) is 20.0 Å². The molecule has 0 aliphatic heterocycles. The van der Waals surface area contributed by atoms with Gasteiger partial charge in [0.05, 0.1) is 12.5 Å². The molecule has 2 atom stereocenters. The minimum Gasteiger partial charge on any atom is -0.457 e. The highest BCUT2D eigenvalue weighted by Gasteiger charge is 2.19. The second-order valence-corrected chi connectivity index (χ2v) is 10.8. The Morgan fingerprint density at radius 3 is 2.35 bits per heavy atom. The monoisotopic (exact) mass is 601 g/mol. The Labute approximate surface area is 242 Å². The lowest BCUT2D eigenvalue weighted by Crippen LogP contribution is -2.44. The summed E-state index contributed by atoms with van der Waals surface area (Å²) >= 11 is 11.9. The van der Waals surface area contributed by atoms with E-state index in [4.69, 9.17) is 27.9 Å². The lowest BCUT2D eigenvalue weighted by atomic mass is 10.1. The molecule has 0 aliphatic rings. The van der Waals surface area contributed by atoms with Crippen molar-refractivity contribution in [3.63, 3.8) is 0 Å². The van der Waals surface area contributed by atoms with Crippen LogP contribution < -0.4 is 26.0 Å². The van der Waals surface area contributed by atoms with E-state index in [0.29, 0.717) is 27.4 Å². The number of halogens is 2. The number of rotatable bonds is 10. The average molecular weight is 603 g/mol. The summed E-state index contributed by atoms with van der Waals surface area (Å²) in [6, 6.07) is 18.4. The molecule has 2 aromatic heterocycles. The third-order valence-corrected chi connectivity index (χ3v) is 6.69. The summed E-state index contributed by atoms with van der Waals surface area (Å²) < 4.78 is 21.8. The largest absolute Gasteiger partial charge is 0.457 e. The van der Waals surface area contributed by atoms with Crippen molar-refractivity contribution in [2.24, 2.45) is 5.92 Å². The molecule has 1 unspecified atom stereocenters. The Morgan fingerprint density at radius 2 is 1.70 bits per heavy atom. The van der Waals surface area contributed by atoms with Crippen LogP contribution in [0.3, 0.4) is 0 Å². The summed E-state index contributed by atoms with van der Waals surface area (Å²) in [4.78, 5) is 42.8. The summed E-state index contributed by atoms with van der Waals surface area (Å²) in [6.07, 6.45) is 2.86. The van der Waals surface area contributed by atoms with Crippen molar-refractivity contribution in [1.82, 2.24) is 18.8 Å². The molecule has 0 radical (unpaired) electrons. The normalized spacial score (nSPS) is 12.4. The number of aromatic nitrogens is 3. The number of carbonyl (C=O) groups excluding carboxylic acids is 1. The quantitative estimate of drug-likeness (QED) is 0.259. The van der Waals surface area contributed by atoms with Gasteiger partial charge in [0.1, 0.15) is 33.5 Å². The summed E-state index contributed by atoms with van der Waals surface area (Å²) in [5.74, 6) is 0.00803. The lowest BCUT2D eigenvalue weighted by Gasteiger charge is -2.18. The van der Waals surface area contributed by atoms with Gasteiger partial charge in [0.15, 0.2) is 0 Å². The first-order chi connectivity index (χ1) is 19.1. The number of carbonyl (C=O) groups is 1. The minimum absolute atomic E-state index is 0.127. The molecule has 0 bridgehead atoms. The third-order valence-electron chi connectivity index (χ3n) is 5.74. The highest BCUT2D eigenvalue weighted by Crippen LogP contribution is 2.25. The molecule has 2 heterocycles. The van der Waals surface area contributed by atoms with Gasteiger partial charge in [-0.05, 0) is 48.0 Å². The van der Waals surface area contributed by atoms with E-state index in [1.54, 1.807) is 67.6 Å². The summed E-state index contributed by atoms with van der Waals surface area (Å²) in [7, 11) is -1.57. The molecule has 0 saturated carbocycles. The zero-order valence-corrected chi connectivity index (χ0v) is 23.8. The SMILES string of the molecule is C[C@@H](Cn1c(=O)cc(Nc2ccc(Oc3ccnc(Cl)c3)cc2)n(Cc2ccc(Cl)cc2)c1=O)C(=O)NS(C)=O. The van der Waals surface area contributed by atoms with Crippen LogP contribution in [0.5, 0.6) is 11.5 Å². The van der Waals surface area contributed by atoms with Gasteiger partial charge >= 0.3 is 5.69 Å². The second kappa shape index (κ2) is 12.9. The van der Waals surface area contributed by atoms with Crippen LogP contribution in [0.25, 0.3) is 0 Å². The average Bonchev–Trinajstić information content (AvgIpc) is 2.90. The van der Waals surface area contributed by atoms with E-state index >= 15 is 0 Å². The summed E-state index contributed by atoms with van der Waals surface area (Å²) in [6.45, 7) is 1.49. The lowest BCUT2D eigenvalue weighted by molar-refractivity contribution is -0.123. The van der Waals surface area contributed by atoms with Crippen LogP contribution in [-0.4, -0.2) is 30.5 Å². The number of ether oxygens (including phenoxy) is 1. The number of pyridine rings is 1. The molecule has 4 aromatic rings. The molecule has 0 aliphatic carbocycles. The van der Waals surface area contributed by atoms with Gasteiger partial charge in [-0.2, -0.15) is 0 Å².